The Bertz CT molecular complexity index is 283. The normalized spacial score (nSPS) is 15.6. The van der Waals surface area contributed by atoms with Crippen molar-refractivity contribution in [2.75, 3.05) is 0 Å². The first-order valence-electron chi connectivity index (χ1n) is 5.36. The molecule has 0 aliphatic heterocycles. The van der Waals surface area contributed by atoms with Crippen molar-refractivity contribution in [3.8, 4) is 0 Å². The lowest BCUT2D eigenvalue weighted by atomic mass is 9.89. The van der Waals surface area contributed by atoms with Gasteiger partial charge in [0.05, 0.1) is 0 Å². The molecule has 1 rings (SSSR count). The molecule has 0 saturated heterocycles. The first-order valence-corrected chi connectivity index (χ1v) is 5.36. The Hall–Kier alpha value is -0.820. The number of hydrogen-bond acceptors (Lipinski definition) is 1. The molecule has 0 spiro atoms. The van der Waals surface area contributed by atoms with E-state index < -0.39 is 0 Å². The maximum absolute atomic E-state index is 6.16. The number of nitrogens with two attached hydrogens (primary N) is 1. The molecule has 1 atom stereocenters. The van der Waals surface area contributed by atoms with Gasteiger partial charge in [-0.05, 0) is 30.4 Å². The Kier molecular flexibility index (Phi) is 3.33. The van der Waals surface area contributed by atoms with Crippen LogP contribution in [0.3, 0.4) is 0 Å². The van der Waals surface area contributed by atoms with Crippen LogP contribution in [-0.4, -0.2) is 0 Å². The lowest BCUT2D eigenvalue weighted by Crippen LogP contribution is -2.31. The second-order valence-electron chi connectivity index (χ2n) is 4.55. The Morgan fingerprint density at radius 2 is 1.71 bits per heavy atom. The van der Waals surface area contributed by atoms with Gasteiger partial charge in [0.1, 0.15) is 0 Å². The number of rotatable bonds is 3. The summed E-state index contributed by atoms with van der Waals surface area (Å²) in [6.07, 6.45) is 0.966. The van der Waals surface area contributed by atoms with Crippen LogP contribution in [-0.2, 0) is 5.54 Å². The third kappa shape index (κ3) is 2.36. The van der Waals surface area contributed by atoms with Crippen molar-refractivity contribution in [3.63, 3.8) is 0 Å². The Morgan fingerprint density at radius 1 is 1.21 bits per heavy atom. The summed E-state index contributed by atoms with van der Waals surface area (Å²) >= 11 is 0. The van der Waals surface area contributed by atoms with E-state index in [9.17, 15) is 0 Å². The average molecular weight is 191 g/mol. The molecule has 0 fully saturated rings. The van der Waals surface area contributed by atoms with E-state index in [1.54, 1.807) is 0 Å². The fourth-order valence-corrected chi connectivity index (χ4v) is 1.45. The van der Waals surface area contributed by atoms with Gasteiger partial charge < -0.3 is 5.73 Å². The predicted molar refractivity (Wildman–Crippen MR) is 62.4 cm³/mol. The Balaban J connectivity index is 2.94. The molecule has 0 heterocycles. The fourth-order valence-electron chi connectivity index (χ4n) is 1.45. The molecule has 0 radical (unpaired) electrons. The smallest absolute Gasteiger partial charge is 0.0378 e. The van der Waals surface area contributed by atoms with Crippen molar-refractivity contribution < 1.29 is 0 Å². The molecule has 1 aromatic carbocycles. The third-order valence-corrected chi connectivity index (χ3v) is 2.97. The fraction of sp³-hybridized carbons (Fsp3) is 0.538. The van der Waals surface area contributed by atoms with E-state index in [-0.39, 0.29) is 5.54 Å². The van der Waals surface area contributed by atoms with Gasteiger partial charge in [0.2, 0.25) is 0 Å². The Labute approximate surface area is 87.3 Å². The number of hydrogen-bond donors (Lipinski definition) is 1. The summed E-state index contributed by atoms with van der Waals surface area (Å²) in [6, 6.07) is 8.67. The van der Waals surface area contributed by atoms with Gasteiger partial charge in [0.25, 0.3) is 0 Å². The standard InChI is InChI=1S/C13H21N/c1-5-13(4,14)12-8-6-11(7-9-12)10(2)3/h6-10H,5,14H2,1-4H3. The largest absolute Gasteiger partial charge is 0.322 e. The first-order chi connectivity index (χ1) is 6.47. The molecule has 0 saturated carbocycles. The van der Waals surface area contributed by atoms with Crippen LogP contribution in [0.4, 0.5) is 0 Å². The van der Waals surface area contributed by atoms with E-state index in [0.717, 1.165) is 6.42 Å². The highest BCUT2D eigenvalue weighted by Gasteiger charge is 2.17. The van der Waals surface area contributed by atoms with Crippen LogP contribution in [0.2, 0.25) is 0 Å². The predicted octanol–water partition coefficient (Wildman–Crippen LogP) is 3.39. The molecule has 78 valence electrons. The van der Waals surface area contributed by atoms with Gasteiger partial charge in [-0.1, -0.05) is 45.0 Å². The zero-order valence-electron chi connectivity index (χ0n) is 9.67. The zero-order valence-corrected chi connectivity index (χ0v) is 9.67. The minimum absolute atomic E-state index is 0.185. The molecular formula is C13H21N. The summed E-state index contributed by atoms with van der Waals surface area (Å²) in [6.45, 7) is 8.61. The van der Waals surface area contributed by atoms with Crippen LogP contribution in [0.5, 0.6) is 0 Å². The van der Waals surface area contributed by atoms with E-state index in [4.69, 9.17) is 5.73 Å². The van der Waals surface area contributed by atoms with Crippen LogP contribution in [0, 0.1) is 0 Å². The van der Waals surface area contributed by atoms with Crippen LogP contribution in [0.15, 0.2) is 24.3 Å². The highest BCUT2D eigenvalue weighted by molar-refractivity contribution is 5.29. The molecule has 1 aromatic rings. The summed E-state index contributed by atoms with van der Waals surface area (Å²) < 4.78 is 0. The van der Waals surface area contributed by atoms with E-state index >= 15 is 0 Å². The van der Waals surface area contributed by atoms with Gasteiger partial charge in [-0.2, -0.15) is 0 Å². The van der Waals surface area contributed by atoms with Gasteiger partial charge in [0, 0.05) is 5.54 Å². The molecule has 0 amide bonds. The van der Waals surface area contributed by atoms with Crippen molar-refractivity contribution in [1.82, 2.24) is 0 Å². The molecular weight excluding hydrogens is 170 g/mol. The first kappa shape index (κ1) is 11.3. The zero-order chi connectivity index (χ0) is 10.8. The summed E-state index contributed by atoms with van der Waals surface area (Å²) in [5, 5.41) is 0. The highest BCUT2D eigenvalue weighted by Crippen LogP contribution is 2.23. The van der Waals surface area contributed by atoms with Crippen LogP contribution in [0.1, 0.15) is 51.2 Å². The van der Waals surface area contributed by atoms with E-state index in [0.29, 0.717) is 5.92 Å². The van der Waals surface area contributed by atoms with Crippen LogP contribution in [0.25, 0.3) is 0 Å². The summed E-state index contributed by atoms with van der Waals surface area (Å²) in [4.78, 5) is 0. The van der Waals surface area contributed by atoms with Crippen molar-refractivity contribution in [2.24, 2.45) is 5.73 Å². The lowest BCUT2D eigenvalue weighted by molar-refractivity contribution is 0.476. The van der Waals surface area contributed by atoms with Crippen molar-refractivity contribution in [3.05, 3.63) is 35.4 Å². The maximum Gasteiger partial charge on any atom is 0.0378 e. The quantitative estimate of drug-likeness (QED) is 0.778. The molecule has 14 heavy (non-hydrogen) atoms. The monoisotopic (exact) mass is 191 g/mol. The van der Waals surface area contributed by atoms with E-state index in [1.165, 1.54) is 11.1 Å². The van der Waals surface area contributed by atoms with E-state index in [2.05, 4.69) is 52.0 Å². The maximum atomic E-state index is 6.16. The Morgan fingerprint density at radius 3 is 2.07 bits per heavy atom. The second kappa shape index (κ2) is 4.14. The summed E-state index contributed by atoms with van der Waals surface area (Å²) in [5.41, 5.74) is 8.58. The molecule has 0 aliphatic rings. The third-order valence-electron chi connectivity index (χ3n) is 2.97. The van der Waals surface area contributed by atoms with Crippen molar-refractivity contribution in [2.45, 2.75) is 45.6 Å². The van der Waals surface area contributed by atoms with Gasteiger partial charge in [-0.25, -0.2) is 0 Å². The topological polar surface area (TPSA) is 26.0 Å². The van der Waals surface area contributed by atoms with Gasteiger partial charge in [-0.3, -0.25) is 0 Å². The number of benzene rings is 1. The van der Waals surface area contributed by atoms with Crippen molar-refractivity contribution >= 4 is 0 Å². The minimum Gasteiger partial charge on any atom is -0.322 e. The van der Waals surface area contributed by atoms with E-state index in [1.807, 2.05) is 0 Å². The van der Waals surface area contributed by atoms with Gasteiger partial charge in [-0.15, -0.1) is 0 Å². The average Bonchev–Trinajstić information content (AvgIpc) is 2.18. The molecule has 0 aliphatic carbocycles. The SMILES string of the molecule is CCC(C)(N)c1ccc(C(C)C)cc1. The van der Waals surface area contributed by atoms with Crippen molar-refractivity contribution in [1.29, 1.82) is 0 Å². The molecule has 1 unspecified atom stereocenters. The summed E-state index contributed by atoms with van der Waals surface area (Å²) in [7, 11) is 0. The highest BCUT2D eigenvalue weighted by atomic mass is 14.7. The summed E-state index contributed by atoms with van der Waals surface area (Å²) in [5.74, 6) is 0.592. The van der Waals surface area contributed by atoms with Crippen LogP contribution >= 0.6 is 0 Å². The van der Waals surface area contributed by atoms with Crippen LogP contribution < -0.4 is 5.73 Å². The van der Waals surface area contributed by atoms with Gasteiger partial charge >= 0.3 is 0 Å². The lowest BCUT2D eigenvalue weighted by Gasteiger charge is -2.23. The molecule has 1 heteroatoms. The van der Waals surface area contributed by atoms with Gasteiger partial charge in [0.15, 0.2) is 0 Å². The molecule has 0 bridgehead atoms. The molecule has 0 aromatic heterocycles. The minimum atomic E-state index is -0.185. The molecule has 2 N–H and O–H groups in total. The molecule has 1 nitrogen and oxygen atoms in total. The second-order valence-corrected chi connectivity index (χ2v) is 4.55.